The van der Waals surface area contributed by atoms with Crippen LogP contribution in [-0.2, 0) is 5.41 Å². The lowest BCUT2D eigenvalue weighted by Gasteiger charge is -2.32. The Hall–Kier alpha value is -1.67. The third-order valence-electron chi connectivity index (χ3n) is 3.74. The lowest BCUT2D eigenvalue weighted by molar-refractivity contribution is 0.0993. The summed E-state index contributed by atoms with van der Waals surface area (Å²) in [6, 6.07) is 14.3. The predicted octanol–water partition coefficient (Wildman–Crippen LogP) is 4.15. The summed E-state index contributed by atoms with van der Waals surface area (Å²) in [5.41, 5.74) is 2.11. The van der Waals surface area contributed by atoms with E-state index in [1.807, 2.05) is 51.1 Å². The molecule has 1 N–H and O–H groups in total. The maximum Gasteiger partial charge on any atom is 0.123 e. The van der Waals surface area contributed by atoms with Crippen LogP contribution in [0.2, 0.25) is 0 Å². The zero-order valence-electron chi connectivity index (χ0n) is 11.5. The molecule has 0 aliphatic carbocycles. The van der Waals surface area contributed by atoms with Gasteiger partial charge in [0.25, 0.3) is 0 Å². The molecule has 1 nitrogen and oxygen atoms in total. The van der Waals surface area contributed by atoms with Crippen LogP contribution >= 0.6 is 0 Å². The highest BCUT2D eigenvalue weighted by Crippen LogP contribution is 2.37. The first-order chi connectivity index (χ1) is 8.93. The van der Waals surface area contributed by atoms with Crippen LogP contribution < -0.4 is 0 Å². The SMILES string of the molecule is Cc1ccc(F)cc1C(O)C(C)(C)c1ccccc1. The highest BCUT2D eigenvalue weighted by Gasteiger charge is 2.31. The summed E-state index contributed by atoms with van der Waals surface area (Å²) in [5, 5.41) is 10.6. The Kier molecular flexibility index (Phi) is 3.72. The highest BCUT2D eigenvalue weighted by atomic mass is 19.1. The predicted molar refractivity (Wildman–Crippen MR) is 75.6 cm³/mol. The maximum atomic E-state index is 13.4. The average Bonchev–Trinajstić information content (AvgIpc) is 2.41. The summed E-state index contributed by atoms with van der Waals surface area (Å²) in [4.78, 5) is 0. The van der Waals surface area contributed by atoms with Crippen LogP contribution in [0, 0.1) is 12.7 Å². The minimum absolute atomic E-state index is 0.316. The van der Waals surface area contributed by atoms with Crippen molar-refractivity contribution in [3.63, 3.8) is 0 Å². The molecule has 0 aliphatic heterocycles. The summed E-state index contributed by atoms with van der Waals surface area (Å²) in [5.74, 6) is -0.316. The molecule has 0 amide bonds. The fraction of sp³-hybridized carbons (Fsp3) is 0.294. The molecule has 0 radical (unpaired) electrons. The van der Waals surface area contributed by atoms with Crippen molar-refractivity contribution in [3.05, 3.63) is 71.0 Å². The normalized spacial score (nSPS) is 13.3. The molecule has 100 valence electrons. The Balaban J connectivity index is 2.43. The Morgan fingerprint density at radius 3 is 2.32 bits per heavy atom. The van der Waals surface area contributed by atoms with Crippen molar-refractivity contribution >= 4 is 0 Å². The minimum atomic E-state index is -0.745. The molecule has 0 aromatic heterocycles. The van der Waals surface area contributed by atoms with E-state index in [0.717, 1.165) is 11.1 Å². The second kappa shape index (κ2) is 5.14. The van der Waals surface area contributed by atoms with Crippen molar-refractivity contribution in [3.8, 4) is 0 Å². The number of hydrogen-bond acceptors (Lipinski definition) is 1. The van der Waals surface area contributed by atoms with Crippen LogP contribution in [0.15, 0.2) is 48.5 Å². The van der Waals surface area contributed by atoms with Gasteiger partial charge in [0.15, 0.2) is 0 Å². The summed E-state index contributed by atoms with van der Waals surface area (Å²) in [6.07, 6.45) is -0.745. The Morgan fingerprint density at radius 1 is 1.05 bits per heavy atom. The van der Waals surface area contributed by atoms with Gasteiger partial charge in [-0.25, -0.2) is 4.39 Å². The molecule has 0 bridgehead atoms. The van der Waals surface area contributed by atoms with Crippen molar-refractivity contribution in [2.45, 2.75) is 32.3 Å². The van der Waals surface area contributed by atoms with Crippen molar-refractivity contribution in [2.24, 2.45) is 0 Å². The first-order valence-electron chi connectivity index (χ1n) is 6.42. The van der Waals surface area contributed by atoms with Gasteiger partial charge in [-0.2, -0.15) is 0 Å². The van der Waals surface area contributed by atoms with Gasteiger partial charge >= 0.3 is 0 Å². The molecule has 0 saturated carbocycles. The van der Waals surface area contributed by atoms with Crippen LogP contribution in [0.25, 0.3) is 0 Å². The van der Waals surface area contributed by atoms with E-state index in [9.17, 15) is 9.50 Å². The van der Waals surface area contributed by atoms with Crippen molar-refractivity contribution in [1.29, 1.82) is 0 Å². The van der Waals surface area contributed by atoms with Gasteiger partial charge in [-0.15, -0.1) is 0 Å². The number of halogens is 1. The van der Waals surface area contributed by atoms with E-state index in [1.165, 1.54) is 12.1 Å². The van der Waals surface area contributed by atoms with Crippen LogP contribution in [0.1, 0.15) is 36.6 Å². The molecule has 0 saturated heterocycles. The van der Waals surface area contributed by atoms with Gasteiger partial charge in [0.05, 0.1) is 6.10 Å². The molecule has 0 fully saturated rings. The van der Waals surface area contributed by atoms with Crippen LogP contribution in [0.3, 0.4) is 0 Å². The van der Waals surface area contributed by atoms with E-state index >= 15 is 0 Å². The van der Waals surface area contributed by atoms with E-state index in [-0.39, 0.29) is 5.82 Å². The van der Waals surface area contributed by atoms with E-state index in [0.29, 0.717) is 5.56 Å². The smallest absolute Gasteiger partial charge is 0.123 e. The van der Waals surface area contributed by atoms with Gasteiger partial charge in [0.2, 0.25) is 0 Å². The monoisotopic (exact) mass is 258 g/mol. The van der Waals surface area contributed by atoms with E-state index in [1.54, 1.807) is 6.07 Å². The standard InChI is InChI=1S/C17H19FO/c1-12-9-10-14(18)11-15(12)16(19)17(2,3)13-7-5-4-6-8-13/h4-11,16,19H,1-3H3. The second-order valence-corrected chi connectivity index (χ2v) is 5.49. The molecule has 19 heavy (non-hydrogen) atoms. The molecule has 0 aliphatic rings. The zero-order chi connectivity index (χ0) is 14.0. The zero-order valence-corrected chi connectivity index (χ0v) is 11.5. The molecular weight excluding hydrogens is 239 g/mol. The van der Waals surface area contributed by atoms with Crippen molar-refractivity contribution in [1.82, 2.24) is 0 Å². The summed E-state index contributed by atoms with van der Waals surface area (Å²) < 4.78 is 13.4. The van der Waals surface area contributed by atoms with Gasteiger partial charge in [0.1, 0.15) is 5.82 Å². The maximum absolute atomic E-state index is 13.4. The second-order valence-electron chi connectivity index (χ2n) is 5.49. The molecule has 0 spiro atoms. The topological polar surface area (TPSA) is 20.2 Å². The van der Waals surface area contributed by atoms with Crippen LogP contribution in [-0.4, -0.2) is 5.11 Å². The average molecular weight is 258 g/mol. The number of hydrogen-bond donors (Lipinski definition) is 1. The largest absolute Gasteiger partial charge is 0.387 e. The molecule has 1 atom stereocenters. The lowest BCUT2D eigenvalue weighted by Crippen LogP contribution is -2.27. The molecule has 0 heterocycles. The van der Waals surface area contributed by atoms with Gasteiger partial charge in [0, 0.05) is 5.41 Å². The van der Waals surface area contributed by atoms with Crippen molar-refractivity contribution < 1.29 is 9.50 Å². The number of rotatable bonds is 3. The van der Waals surface area contributed by atoms with E-state index in [2.05, 4.69) is 0 Å². The summed E-state index contributed by atoms with van der Waals surface area (Å²) in [7, 11) is 0. The fourth-order valence-corrected chi connectivity index (χ4v) is 2.32. The Labute approximate surface area is 113 Å². The first kappa shape index (κ1) is 13.8. The van der Waals surface area contributed by atoms with Crippen molar-refractivity contribution in [2.75, 3.05) is 0 Å². The molecule has 2 aromatic carbocycles. The third kappa shape index (κ3) is 2.69. The van der Waals surface area contributed by atoms with Gasteiger partial charge in [-0.3, -0.25) is 0 Å². The summed E-state index contributed by atoms with van der Waals surface area (Å²) >= 11 is 0. The number of aliphatic hydroxyl groups is 1. The summed E-state index contributed by atoms with van der Waals surface area (Å²) in [6.45, 7) is 5.83. The third-order valence-corrected chi connectivity index (χ3v) is 3.74. The Morgan fingerprint density at radius 2 is 1.68 bits per heavy atom. The molecule has 1 unspecified atom stereocenters. The van der Waals surface area contributed by atoms with E-state index in [4.69, 9.17) is 0 Å². The fourth-order valence-electron chi connectivity index (χ4n) is 2.32. The first-order valence-corrected chi connectivity index (χ1v) is 6.42. The lowest BCUT2D eigenvalue weighted by atomic mass is 9.76. The highest BCUT2D eigenvalue weighted by molar-refractivity contribution is 5.35. The molecular formula is C17H19FO. The molecule has 2 heteroatoms. The minimum Gasteiger partial charge on any atom is -0.387 e. The van der Waals surface area contributed by atoms with Crippen LogP contribution in [0.4, 0.5) is 4.39 Å². The molecule has 2 rings (SSSR count). The van der Waals surface area contributed by atoms with Gasteiger partial charge in [-0.05, 0) is 35.7 Å². The van der Waals surface area contributed by atoms with Gasteiger partial charge in [-0.1, -0.05) is 50.2 Å². The Bertz CT molecular complexity index is 561. The molecule has 2 aromatic rings. The van der Waals surface area contributed by atoms with Crippen LogP contribution in [0.5, 0.6) is 0 Å². The quantitative estimate of drug-likeness (QED) is 0.877. The number of aryl methyl sites for hydroxylation is 1. The number of aliphatic hydroxyl groups excluding tert-OH is 1. The van der Waals surface area contributed by atoms with Gasteiger partial charge < -0.3 is 5.11 Å². The van der Waals surface area contributed by atoms with E-state index < -0.39 is 11.5 Å². The number of benzene rings is 2.